The Morgan fingerprint density at radius 1 is 1.09 bits per heavy atom. The van der Waals surface area contributed by atoms with Crippen molar-refractivity contribution in [1.29, 1.82) is 0 Å². The van der Waals surface area contributed by atoms with Gasteiger partial charge in [0.05, 0.1) is 5.02 Å². The molecule has 0 aliphatic carbocycles. The van der Waals surface area contributed by atoms with E-state index in [1.807, 2.05) is 12.1 Å². The molecule has 22 heavy (non-hydrogen) atoms. The van der Waals surface area contributed by atoms with Crippen molar-refractivity contribution in [2.75, 3.05) is 13.1 Å². The van der Waals surface area contributed by atoms with Crippen molar-refractivity contribution in [1.82, 2.24) is 5.32 Å². The lowest BCUT2D eigenvalue weighted by molar-refractivity contribution is 0.399. The van der Waals surface area contributed by atoms with Crippen LogP contribution >= 0.6 is 11.6 Å². The van der Waals surface area contributed by atoms with Crippen molar-refractivity contribution >= 4 is 11.6 Å². The molecule has 1 heterocycles. The lowest BCUT2D eigenvalue weighted by atomic mass is 9.84. The molecule has 116 valence electrons. The Hall–Kier alpha value is -1.91. The van der Waals surface area contributed by atoms with E-state index in [1.165, 1.54) is 0 Å². The van der Waals surface area contributed by atoms with Crippen molar-refractivity contribution in [3.63, 3.8) is 0 Å². The fraction of sp³-hybridized carbons (Fsp3) is 0.294. The van der Waals surface area contributed by atoms with Gasteiger partial charge in [-0.25, -0.2) is 0 Å². The topological polar surface area (TPSA) is 72.7 Å². The van der Waals surface area contributed by atoms with E-state index in [0.717, 1.165) is 23.2 Å². The van der Waals surface area contributed by atoms with Gasteiger partial charge in [-0.2, -0.15) is 0 Å². The van der Waals surface area contributed by atoms with Gasteiger partial charge in [-0.05, 0) is 54.3 Å². The summed E-state index contributed by atoms with van der Waals surface area (Å²) in [4.78, 5) is 0. The Morgan fingerprint density at radius 3 is 2.45 bits per heavy atom. The Bertz CT molecular complexity index is 713. The van der Waals surface area contributed by atoms with Crippen LogP contribution in [0.1, 0.15) is 28.2 Å². The Kier molecular flexibility index (Phi) is 3.89. The number of aromatic hydroxyl groups is 3. The van der Waals surface area contributed by atoms with E-state index in [2.05, 4.69) is 5.32 Å². The van der Waals surface area contributed by atoms with Crippen LogP contribution in [-0.4, -0.2) is 28.4 Å². The minimum Gasteiger partial charge on any atom is -0.508 e. The average Bonchev–Trinajstić information content (AvgIpc) is 2.74. The summed E-state index contributed by atoms with van der Waals surface area (Å²) < 4.78 is 0. The van der Waals surface area contributed by atoms with Crippen LogP contribution in [-0.2, 0) is 6.42 Å². The van der Waals surface area contributed by atoms with Crippen LogP contribution in [0.3, 0.4) is 0 Å². The number of phenolic OH excluding ortho intramolecular Hbond substituents is 3. The summed E-state index contributed by atoms with van der Waals surface area (Å²) in [5.74, 6) is -0.185. The number of benzene rings is 2. The van der Waals surface area contributed by atoms with Crippen LogP contribution in [0.25, 0.3) is 0 Å². The van der Waals surface area contributed by atoms with Gasteiger partial charge in [0.25, 0.3) is 0 Å². The second-order valence-corrected chi connectivity index (χ2v) is 6.00. The molecule has 2 aromatic carbocycles. The minimum atomic E-state index is -0.246. The molecule has 0 spiro atoms. The first kappa shape index (κ1) is 15.0. The maximum atomic E-state index is 10.1. The van der Waals surface area contributed by atoms with E-state index in [1.54, 1.807) is 19.1 Å². The van der Waals surface area contributed by atoms with Crippen molar-refractivity contribution in [2.24, 2.45) is 0 Å². The molecule has 4 N–H and O–H groups in total. The second-order valence-electron chi connectivity index (χ2n) is 5.63. The highest BCUT2D eigenvalue weighted by Gasteiger charge is 2.28. The van der Waals surface area contributed by atoms with Crippen molar-refractivity contribution in [2.45, 2.75) is 19.3 Å². The molecule has 0 saturated carbocycles. The first-order chi connectivity index (χ1) is 10.5. The van der Waals surface area contributed by atoms with E-state index in [0.29, 0.717) is 18.5 Å². The molecule has 0 bridgehead atoms. The summed E-state index contributed by atoms with van der Waals surface area (Å²) in [6.07, 6.45) is 0.692. The molecule has 2 aromatic rings. The molecule has 0 aromatic heterocycles. The number of hydrogen-bond donors (Lipinski definition) is 4. The third-order valence-electron chi connectivity index (χ3n) is 4.33. The maximum absolute atomic E-state index is 10.1. The standard InChI is InChI=1S/C17H18ClNO3/c1-9-14-12(15(18)17(22)16(9)21)6-7-19-8-13(14)10-2-4-11(20)5-3-10/h2-5,13,19-22H,6-8H2,1H3. The molecule has 0 saturated heterocycles. The number of halogens is 1. The number of rotatable bonds is 1. The third-order valence-corrected chi connectivity index (χ3v) is 4.73. The number of hydrogen-bond acceptors (Lipinski definition) is 4. The van der Waals surface area contributed by atoms with Crippen LogP contribution in [0.5, 0.6) is 17.2 Å². The van der Waals surface area contributed by atoms with E-state index in [-0.39, 0.29) is 28.2 Å². The molecule has 0 fully saturated rings. The third kappa shape index (κ3) is 2.38. The SMILES string of the molecule is Cc1c(O)c(O)c(Cl)c2c1C(c1ccc(O)cc1)CNCC2. The fourth-order valence-electron chi connectivity index (χ4n) is 3.17. The minimum absolute atomic E-state index is 0.00194. The second kappa shape index (κ2) is 5.71. The number of fused-ring (bicyclic) bond motifs is 1. The molecule has 0 radical (unpaired) electrons. The lowest BCUT2D eigenvalue weighted by Crippen LogP contribution is -2.21. The quantitative estimate of drug-likeness (QED) is 0.610. The lowest BCUT2D eigenvalue weighted by Gasteiger charge is -2.23. The van der Waals surface area contributed by atoms with Crippen molar-refractivity contribution in [3.05, 3.63) is 51.5 Å². The van der Waals surface area contributed by atoms with Gasteiger partial charge in [-0.15, -0.1) is 0 Å². The van der Waals surface area contributed by atoms with E-state index in [9.17, 15) is 15.3 Å². The van der Waals surface area contributed by atoms with E-state index in [4.69, 9.17) is 11.6 Å². The van der Waals surface area contributed by atoms with Gasteiger partial charge < -0.3 is 20.6 Å². The first-order valence-electron chi connectivity index (χ1n) is 7.23. The van der Waals surface area contributed by atoms with Gasteiger partial charge in [0, 0.05) is 12.5 Å². The van der Waals surface area contributed by atoms with Crippen LogP contribution in [0, 0.1) is 6.92 Å². The number of nitrogens with one attached hydrogen (secondary N) is 1. The Labute approximate surface area is 134 Å². The molecule has 1 aliphatic heterocycles. The van der Waals surface area contributed by atoms with Crippen LogP contribution in [0.15, 0.2) is 24.3 Å². The summed E-state index contributed by atoms with van der Waals surface area (Å²) in [7, 11) is 0. The molecule has 3 rings (SSSR count). The Balaban J connectivity index is 2.22. The van der Waals surface area contributed by atoms with Gasteiger partial charge >= 0.3 is 0 Å². The smallest absolute Gasteiger partial charge is 0.177 e. The van der Waals surface area contributed by atoms with Crippen LogP contribution < -0.4 is 5.32 Å². The van der Waals surface area contributed by atoms with Gasteiger partial charge in [0.2, 0.25) is 0 Å². The molecule has 1 unspecified atom stereocenters. The summed E-state index contributed by atoms with van der Waals surface area (Å²) in [5, 5.41) is 33.2. The van der Waals surface area contributed by atoms with Crippen molar-refractivity contribution < 1.29 is 15.3 Å². The molecule has 4 nitrogen and oxygen atoms in total. The fourth-order valence-corrected chi connectivity index (χ4v) is 3.45. The van der Waals surface area contributed by atoms with Crippen LogP contribution in [0.4, 0.5) is 0 Å². The first-order valence-corrected chi connectivity index (χ1v) is 7.61. The predicted molar refractivity (Wildman–Crippen MR) is 86.0 cm³/mol. The number of phenols is 3. The van der Waals surface area contributed by atoms with Gasteiger partial charge in [0.15, 0.2) is 11.5 Å². The Morgan fingerprint density at radius 2 is 1.77 bits per heavy atom. The van der Waals surface area contributed by atoms with E-state index >= 15 is 0 Å². The zero-order valence-corrected chi connectivity index (χ0v) is 13.0. The summed E-state index contributed by atoms with van der Waals surface area (Å²) in [5.41, 5.74) is 3.50. The summed E-state index contributed by atoms with van der Waals surface area (Å²) in [6.45, 7) is 3.26. The molecule has 1 aliphatic rings. The molecule has 0 amide bonds. The summed E-state index contributed by atoms with van der Waals surface area (Å²) >= 11 is 6.26. The van der Waals surface area contributed by atoms with Gasteiger partial charge in [-0.3, -0.25) is 0 Å². The average molecular weight is 320 g/mol. The van der Waals surface area contributed by atoms with Gasteiger partial charge in [0.1, 0.15) is 5.75 Å². The zero-order chi connectivity index (χ0) is 15.9. The van der Waals surface area contributed by atoms with Crippen LogP contribution in [0.2, 0.25) is 5.02 Å². The normalized spacial score (nSPS) is 17.8. The summed E-state index contributed by atoms with van der Waals surface area (Å²) in [6, 6.07) is 7.04. The predicted octanol–water partition coefficient (Wildman–Crippen LogP) is 3.04. The van der Waals surface area contributed by atoms with E-state index < -0.39 is 0 Å². The zero-order valence-electron chi connectivity index (χ0n) is 12.2. The molecule has 1 atom stereocenters. The maximum Gasteiger partial charge on any atom is 0.177 e. The highest BCUT2D eigenvalue weighted by atomic mass is 35.5. The van der Waals surface area contributed by atoms with Gasteiger partial charge in [-0.1, -0.05) is 23.7 Å². The van der Waals surface area contributed by atoms with Crippen molar-refractivity contribution in [3.8, 4) is 17.2 Å². The highest BCUT2D eigenvalue weighted by Crippen LogP contribution is 2.45. The molecular weight excluding hydrogens is 302 g/mol. The monoisotopic (exact) mass is 319 g/mol. The molecule has 5 heteroatoms. The highest BCUT2D eigenvalue weighted by molar-refractivity contribution is 6.33. The molecular formula is C17H18ClNO3. The largest absolute Gasteiger partial charge is 0.508 e.